The van der Waals surface area contributed by atoms with Gasteiger partial charge >= 0.3 is 59.9 Å². The molecular weight excluding hydrogens is 1650 g/mol. The van der Waals surface area contributed by atoms with Crippen LogP contribution in [0.2, 0.25) is 0 Å². The molecule has 1 unspecified atom stereocenters. The highest BCUT2D eigenvalue weighted by Crippen LogP contribution is 2.33. The van der Waals surface area contributed by atoms with Gasteiger partial charge in [0.2, 0.25) is 35.4 Å². The Morgan fingerprint density at radius 2 is 1.26 bits per heavy atom. The Labute approximate surface area is 710 Å². The molecule has 0 bridgehead atoms. The number of carbonyl (C=O) groups is 17. The maximum Gasteiger partial charge on any atom is 0.426 e. The van der Waals surface area contributed by atoms with Gasteiger partial charge < -0.3 is 103 Å². The molecule has 12 atom stereocenters. The molecule has 1 saturated heterocycles. The van der Waals surface area contributed by atoms with Gasteiger partial charge in [-0.15, -0.1) is 11.3 Å². The fourth-order valence-corrected chi connectivity index (χ4v) is 15.2. The zero-order valence-corrected chi connectivity index (χ0v) is 71.0. The summed E-state index contributed by atoms with van der Waals surface area (Å²) in [5, 5.41) is 90.4. The summed E-state index contributed by atoms with van der Waals surface area (Å²) in [6, 6.07) is -0.898. The number of nitrogens with one attached hydrogen (secondary N) is 11. The predicted molar refractivity (Wildman–Crippen MR) is 437 cm³/mol. The number of hydrogen-bond acceptors (Lipinski definition) is 26. The smallest absolute Gasteiger partial charge is 0.426 e. The van der Waals surface area contributed by atoms with Crippen LogP contribution in [0.1, 0.15) is 177 Å². The summed E-state index contributed by atoms with van der Waals surface area (Å²) in [6.45, 7) is 13.1. The van der Waals surface area contributed by atoms with Gasteiger partial charge in [0, 0.05) is 74.3 Å². The van der Waals surface area contributed by atoms with Crippen molar-refractivity contribution in [2.45, 2.75) is 218 Å². The Morgan fingerprint density at radius 3 is 1.84 bits per heavy atom. The van der Waals surface area contributed by atoms with E-state index in [1.807, 2.05) is 51.9 Å². The molecule has 4 rings (SSSR count). The number of ether oxygens (including phenoxy) is 3. The molecule has 0 saturated carbocycles. The second-order valence-electron chi connectivity index (χ2n) is 29.2. The summed E-state index contributed by atoms with van der Waals surface area (Å²) in [6.07, 6.45) is -1.54. The number of rotatable bonds is 54. The van der Waals surface area contributed by atoms with Gasteiger partial charge in [0.25, 0.3) is 5.91 Å². The van der Waals surface area contributed by atoms with Crippen molar-refractivity contribution in [3.8, 4) is 5.75 Å². The molecule has 3 aromatic rings. The van der Waals surface area contributed by atoms with Crippen LogP contribution in [0.4, 0.5) is 14.4 Å². The Bertz CT molecular complexity index is 3990. The average molecular weight is 1760 g/mol. The molecule has 18 N–H and O–H groups in total. The molecule has 44 heteroatoms. The number of aromatic hydroxyl groups is 1. The van der Waals surface area contributed by atoms with Crippen LogP contribution >= 0.6 is 32.9 Å². The van der Waals surface area contributed by atoms with Crippen molar-refractivity contribution < 1.29 is 131 Å². The van der Waals surface area contributed by atoms with E-state index in [0.717, 1.165) is 52.3 Å². The first-order chi connectivity index (χ1) is 57.3. The predicted octanol–water partition coefficient (Wildman–Crippen LogP) is 3.37. The lowest BCUT2D eigenvalue weighted by Crippen LogP contribution is -2.59. The standard InChI is InChI=1S/C77H112N14O27S3/c1-9-29-116-41-91(71(106)64(43(5)10-2)87-69(105)57-16-12-14-28-90(57)8)58(42(3)4)37-59(118-45(7)92)70-84-55(39-119-70)68(104)80-49(33-46-21-23-50(93)24-22-46)32-44(6)65(101)88-89-77(115)117-30-31-120-121-40-56(74(111)112)83-67(103)54(36-63(99)100)82-66(102)53(35-62(97)98)81-60(94)34-47-17-19-48(20-18-47)38-79-75(113)78-27-13-11-15-51(72(107)108)85-76(114)86-52(73(109)110)25-26-61(95)96/h17-24,39,42-44,49,51-54,56-59,64,93H,9-16,25-38,40-41H2,1-8H3,(H,80,104)(H,81,94)(H,82,102)(H,83,103)(H,87,105)(H,88,101)(H,89,115)(H,95,96)(H,97,98)(H,99,100)(H,107,108)(H,109,110)(H,111,112)(H2,78,79,113)(H2,85,86,114)/t43?,44-,49+,51+,52-,53-,54-,56-,57+,58+,59+,64-/m0/s1. The zero-order chi connectivity index (χ0) is 90.0. The van der Waals surface area contributed by atoms with Crippen molar-refractivity contribution in [3.63, 3.8) is 0 Å². The van der Waals surface area contributed by atoms with Crippen LogP contribution in [0.5, 0.6) is 5.75 Å². The summed E-state index contributed by atoms with van der Waals surface area (Å²) in [4.78, 5) is 225. The summed E-state index contributed by atoms with van der Waals surface area (Å²) in [5.74, 6) is -17.0. The molecule has 0 radical (unpaired) electrons. The normalized spacial score (nSPS) is 15.3. The van der Waals surface area contributed by atoms with Crippen LogP contribution in [-0.4, -0.2) is 258 Å². The number of aromatic nitrogens is 1. The monoisotopic (exact) mass is 1760 g/mol. The van der Waals surface area contributed by atoms with E-state index in [1.165, 1.54) is 55.6 Å². The van der Waals surface area contributed by atoms with E-state index in [-0.39, 0.29) is 117 Å². The Balaban J connectivity index is 1.27. The number of carbonyl (C=O) groups excluding carboxylic acids is 11. The number of hydrazine groups is 1. The van der Waals surface area contributed by atoms with Gasteiger partial charge in [-0.25, -0.2) is 39.2 Å². The highest BCUT2D eigenvalue weighted by molar-refractivity contribution is 8.76. The van der Waals surface area contributed by atoms with Crippen molar-refractivity contribution in [3.05, 3.63) is 81.3 Å². The number of nitrogens with zero attached hydrogens (tertiary/aromatic N) is 3. The first-order valence-electron chi connectivity index (χ1n) is 39.3. The van der Waals surface area contributed by atoms with Crippen molar-refractivity contribution in [1.82, 2.24) is 73.5 Å². The number of likely N-dealkylation sites (tertiary alicyclic amines) is 1. The van der Waals surface area contributed by atoms with Crippen molar-refractivity contribution >= 4 is 134 Å². The number of esters is 1. The Morgan fingerprint density at radius 1 is 0.645 bits per heavy atom. The number of phenols is 1. The van der Waals surface area contributed by atoms with Crippen molar-refractivity contribution in [2.75, 3.05) is 51.6 Å². The van der Waals surface area contributed by atoms with E-state index < -0.39 is 188 Å². The first-order valence-corrected chi connectivity index (χ1v) is 42.6. The fraction of sp³-hybridized carbons (Fsp3) is 0.584. The number of likely N-dealkylation sites (N-methyl/N-ethyl adjacent to an activating group) is 1. The molecule has 0 aliphatic carbocycles. The topological polar surface area (TPSA) is 611 Å². The zero-order valence-electron chi connectivity index (χ0n) is 68.5. The molecular formula is C77H112N14O27S3. The summed E-state index contributed by atoms with van der Waals surface area (Å²) < 4.78 is 17.1. The molecule has 2 heterocycles. The third kappa shape index (κ3) is 38.4. The van der Waals surface area contributed by atoms with E-state index >= 15 is 0 Å². The number of benzene rings is 2. The van der Waals surface area contributed by atoms with Gasteiger partial charge in [0.1, 0.15) is 66.0 Å². The van der Waals surface area contributed by atoms with Crippen LogP contribution in [0, 0.1) is 17.8 Å². The van der Waals surface area contributed by atoms with Crippen molar-refractivity contribution in [1.29, 1.82) is 0 Å². The third-order valence-electron chi connectivity index (χ3n) is 19.1. The van der Waals surface area contributed by atoms with Gasteiger partial charge in [-0.1, -0.05) is 112 Å². The lowest BCUT2D eigenvalue weighted by Gasteiger charge is -2.39. The summed E-state index contributed by atoms with van der Waals surface area (Å²) in [7, 11) is 3.75. The quantitative estimate of drug-likeness (QED) is 0.0127. The number of aliphatic carboxylic acids is 6. The maximum atomic E-state index is 15.0. The number of piperidine rings is 1. The molecule has 41 nitrogen and oxygen atoms in total. The van der Waals surface area contributed by atoms with Crippen molar-refractivity contribution in [2.24, 2.45) is 17.8 Å². The van der Waals surface area contributed by atoms with E-state index in [2.05, 4.69) is 58.4 Å². The Hall–Kier alpha value is -11.1. The van der Waals surface area contributed by atoms with Gasteiger partial charge in [0.05, 0.1) is 25.3 Å². The van der Waals surface area contributed by atoms with Crippen LogP contribution in [-0.2, 0) is 95.9 Å². The number of amides is 12. The minimum absolute atomic E-state index is 0.0133. The number of hydrogen-bond donors (Lipinski definition) is 18. The minimum Gasteiger partial charge on any atom is -0.508 e. The number of thiazole rings is 1. The number of urea groups is 2. The Kier molecular flexibility index (Phi) is 45.2. The molecule has 0 spiro atoms. The van der Waals surface area contributed by atoms with Crippen LogP contribution < -0.4 is 58.7 Å². The fourth-order valence-electron chi connectivity index (χ4n) is 12.3. The molecule has 1 aliphatic rings. The van der Waals surface area contributed by atoms with E-state index in [4.69, 9.17) is 19.3 Å². The summed E-state index contributed by atoms with van der Waals surface area (Å²) >= 11 is 1.05. The highest BCUT2D eigenvalue weighted by atomic mass is 33.1. The van der Waals surface area contributed by atoms with E-state index in [0.29, 0.717) is 42.6 Å². The minimum atomic E-state index is -2.00. The van der Waals surface area contributed by atoms with Crippen LogP contribution in [0.3, 0.4) is 0 Å². The molecule has 12 amide bonds. The number of carboxylic acid groups (broad SMARTS) is 6. The first kappa shape index (κ1) is 102. The highest BCUT2D eigenvalue weighted by Gasteiger charge is 2.40. The largest absolute Gasteiger partial charge is 0.508 e. The lowest BCUT2D eigenvalue weighted by atomic mass is 9.92. The summed E-state index contributed by atoms with van der Waals surface area (Å²) in [5.41, 5.74) is 5.91. The maximum absolute atomic E-state index is 15.0. The average Bonchev–Trinajstić information content (AvgIpc) is 1.79. The molecule has 1 aliphatic heterocycles. The number of carboxylic acids is 6. The van der Waals surface area contributed by atoms with E-state index in [1.54, 1.807) is 17.0 Å². The van der Waals surface area contributed by atoms with Gasteiger partial charge in [-0.2, -0.15) is 0 Å². The molecule has 1 fully saturated rings. The van der Waals surface area contributed by atoms with Crippen LogP contribution in [0.15, 0.2) is 53.9 Å². The van der Waals surface area contributed by atoms with Gasteiger partial charge in [0.15, 0.2) is 6.10 Å². The molecule has 670 valence electrons. The number of phenolic OH excluding ortho intramolecular Hbond substituents is 1. The number of unbranched alkanes of at least 4 members (excludes halogenated alkanes) is 1. The molecule has 2 aromatic carbocycles. The lowest BCUT2D eigenvalue weighted by molar-refractivity contribution is -0.153. The molecule has 1 aromatic heterocycles. The van der Waals surface area contributed by atoms with Gasteiger partial charge in [-0.05, 0) is 112 Å². The van der Waals surface area contributed by atoms with E-state index in [9.17, 15) is 112 Å². The second-order valence-corrected chi connectivity index (χ2v) is 32.7. The third-order valence-corrected chi connectivity index (χ3v) is 22.4. The van der Waals surface area contributed by atoms with Gasteiger partial charge in [-0.3, -0.25) is 63.1 Å². The van der Waals surface area contributed by atoms with Crippen LogP contribution in [0.25, 0.3) is 0 Å². The SMILES string of the molecule is CCCOCN(C(=O)[C@@H](NC(=O)[C@H]1CCCCN1C)C(C)CC)[C@H](C[C@@H](OC(C)=O)c1nc(C(=O)N[C@@H](Cc2ccc(O)cc2)C[C@H](C)C(=O)NNC(=O)OCCSSC[C@H](NC(=O)[C@H](CC(=O)O)NC(=O)[C@H](CC(=O)O)NC(=O)Cc2ccc(CNC(=O)NCCCC[C@@H](NC(=O)N[C@@H](CCC(=O)O)C(=O)O)C(=O)O)cc2)C(=O)O)cs1)C(C)C. The second kappa shape index (κ2) is 53.5. The molecule has 121 heavy (non-hydrogen) atoms.